The molecule has 0 fully saturated rings. The molecule has 0 saturated carbocycles. The second-order valence-corrected chi connectivity index (χ2v) is 9.76. The van der Waals surface area contributed by atoms with Gasteiger partial charge in [-0.15, -0.1) is 0 Å². The number of nitrogens with one attached hydrogen (secondary N) is 1. The van der Waals surface area contributed by atoms with Crippen LogP contribution in [0.3, 0.4) is 0 Å². The van der Waals surface area contributed by atoms with Crippen molar-refractivity contribution in [1.29, 1.82) is 0 Å². The molecule has 6 heteroatoms. The molecule has 0 saturated heterocycles. The highest BCUT2D eigenvalue weighted by Gasteiger charge is 2.48. The van der Waals surface area contributed by atoms with Crippen LogP contribution in [-0.4, -0.2) is 35.7 Å². The Kier molecular flexibility index (Phi) is 12.5. The summed E-state index contributed by atoms with van der Waals surface area (Å²) >= 11 is 0. The fourth-order valence-corrected chi connectivity index (χ4v) is 4.84. The van der Waals surface area contributed by atoms with Crippen LogP contribution in [0.5, 0.6) is 0 Å². The van der Waals surface area contributed by atoms with Crippen molar-refractivity contribution >= 4 is 11.9 Å². The maximum absolute atomic E-state index is 12.2. The molecule has 0 bridgehead atoms. The van der Waals surface area contributed by atoms with Crippen LogP contribution in [0, 0.1) is 5.92 Å². The Morgan fingerprint density at radius 3 is 2.26 bits per heavy atom. The maximum atomic E-state index is 12.2. The highest BCUT2D eigenvalue weighted by molar-refractivity contribution is 5.75. The standard InChI is InChI=1S/C28H46N2O4/c1-7-28(8-2,27(5,34-6)19-24(29)26(32)33)23-17-15-22(16-18-23)20-30-25(31)14-12-10-9-11-13-21(3)4/h11,13,15-18,21,24H,7-10,12,14,19-20,29H2,1-6H3,(H,30,31)(H,32,33)/t24-,27?/m0/s1. The number of carboxylic acids is 1. The Balaban J connectivity index is 2.79. The van der Waals surface area contributed by atoms with E-state index in [1.807, 2.05) is 19.1 Å². The summed E-state index contributed by atoms with van der Waals surface area (Å²) in [5, 5.41) is 12.4. The van der Waals surface area contributed by atoms with Crippen LogP contribution in [0.2, 0.25) is 0 Å². The number of benzene rings is 1. The van der Waals surface area contributed by atoms with E-state index in [9.17, 15) is 14.7 Å². The topological polar surface area (TPSA) is 102 Å². The van der Waals surface area contributed by atoms with E-state index in [0.29, 0.717) is 18.9 Å². The van der Waals surface area contributed by atoms with Gasteiger partial charge in [-0.2, -0.15) is 0 Å². The number of rotatable bonds is 16. The first-order valence-corrected chi connectivity index (χ1v) is 12.6. The minimum atomic E-state index is -1.03. The lowest BCUT2D eigenvalue weighted by Crippen LogP contribution is -2.54. The number of carbonyl (C=O) groups is 2. The summed E-state index contributed by atoms with van der Waals surface area (Å²) in [6, 6.07) is 7.19. The predicted octanol–water partition coefficient (Wildman–Crippen LogP) is 5.34. The summed E-state index contributed by atoms with van der Waals surface area (Å²) < 4.78 is 5.94. The SMILES string of the molecule is CCC(CC)(c1ccc(CNC(=O)CCCCC=CC(C)C)cc1)C(C)(C[C@H](N)C(=O)O)OC. The molecule has 34 heavy (non-hydrogen) atoms. The van der Waals surface area contributed by atoms with Gasteiger partial charge in [0.25, 0.3) is 0 Å². The molecule has 6 nitrogen and oxygen atoms in total. The van der Waals surface area contributed by atoms with E-state index in [0.717, 1.165) is 43.2 Å². The van der Waals surface area contributed by atoms with Gasteiger partial charge in [0.15, 0.2) is 0 Å². The Hall–Kier alpha value is -2.18. The molecule has 1 rings (SSSR count). The van der Waals surface area contributed by atoms with Crippen LogP contribution < -0.4 is 11.1 Å². The van der Waals surface area contributed by atoms with E-state index in [2.05, 4.69) is 57.3 Å². The molecule has 1 unspecified atom stereocenters. The molecule has 0 aromatic heterocycles. The first-order valence-electron chi connectivity index (χ1n) is 12.6. The zero-order chi connectivity index (χ0) is 25.8. The first-order chi connectivity index (χ1) is 16.0. The number of unbranched alkanes of at least 4 members (excludes halogenated alkanes) is 2. The van der Waals surface area contributed by atoms with Crippen molar-refractivity contribution in [3.63, 3.8) is 0 Å². The number of carboxylic acid groups (broad SMARTS) is 1. The van der Waals surface area contributed by atoms with Crippen LogP contribution in [0.15, 0.2) is 36.4 Å². The Labute approximate surface area is 206 Å². The Bertz CT molecular complexity index is 784. The second-order valence-electron chi connectivity index (χ2n) is 9.76. The lowest BCUT2D eigenvalue weighted by Gasteiger charge is -2.48. The maximum Gasteiger partial charge on any atom is 0.320 e. The molecule has 192 valence electrons. The summed E-state index contributed by atoms with van der Waals surface area (Å²) in [6.07, 6.45) is 9.63. The molecule has 0 aliphatic heterocycles. The third-order valence-corrected chi connectivity index (χ3v) is 7.14. The second kappa shape index (κ2) is 14.3. The monoisotopic (exact) mass is 474 g/mol. The van der Waals surface area contributed by atoms with Crippen molar-refractivity contribution in [1.82, 2.24) is 5.32 Å². The smallest absolute Gasteiger partial charge is 0.320 e. The number of ether oxygens (including phenoxy) is 1. The summed E-state index contributed by atoms with van der Waals surface area (Å²) in [5.74, 6) is -0.384. The van der Waals surface area contributed by atoms with Gasteiger partial charge in [0, 0.05) is 31.9 Å². The van der Waals surface area contributed by atoms with Gasteiger partial charge in [-0.25, -0.2) is 0 Å². The van der Waals surface area contributed by atoms with Crippen molar-refractivity contribution in [2.75, 3.05) is 7.11 Å². The molecule has 0 radical (unpaired) electrons. The van der Waals surface area contributed by atoms with E-state index in [1.165, 1.54) is 0 Å². The van der Waals surface area contributed by atoms with Gasteiger partial charge < -0.3 is 20.9 Å². The van der Waals surface area contributed by atoms with Gasteiger partial charge in [-0.3, -0.25) is 9.59 Å². The molecule has 2 atom stereocenters. The van der Waals surface area contributed by atoms with E-state index < -0.39 is 17.6 Å². The van der Waals surface area contributed by atoms with Gasteiger partial charge in [0.2, 0.25) is 5.91 Å². The number of aliphatic carboxylic acids is 1. The third-order valence-electron chi connectivity index (χ3n) is 7.14. The molecule has 1 aromatic carbocycles. The molecule has 0 aliphatic carbocycles. The quantitative estimate of drug-likeness (QED) is 0.222. The van der Waals surface area contributed by atoms with E-state index >= 15 is 0 Å². The van der Waals surface area contributed by atoms with Crippen LogP contribution >= 0.6 is 0 Å². The van der Waals surface area contributed by atoms with Crippen LogP contribution in [0.1, 0.15) is 90.7 Å². The fraction of sp³-hybridized carbons (Fsp3) is 0.643. The van der Waals surface area contributed by atoms with Crippen molar-refractivity contribution in [2.45, 2.75) is 103 Å². The molecular formula is C28H46N2O4. The average molecular weight is 475 g/mol. The fourth-order valence-electron chi connectivity index (χ4n) is 4.84. The number of methoxy groups -OCH3 is 1. The Morgan fingerprint density at radius 1 is 1.15 bits per heavy atom. The summed E-state index contributed by atoms with van der Waals surface area (Å²) in [7, 11) is 1.62. The summed E-state index contributed by atoms with van der Waals surface area (Å²) in [4.78, 5) is 23.6. The Morgan fingerprint density at radius 2 is 1.76 bits per heavy atom. The predicted molar refractivity (Wildman–Crippen MR) is 139 cm³/mol. The average Bonchev–Trinajstić information content (AvgIpc) is 2.81. The van der Waals surface area contributed by atoms with E-state index in [-0.39, 0.29) is 17.7 Å². The minimum absolute atomic E-state index is 0.0722. The van der Waals surface area contributed by atoms with Crippen molar-refractivity contribution in [2.24, 2.45) is 11.7 Å². The number of hydrogen-bond donors (Lipinski definition) is 3. The zero-order valence-corrected chi connectivity index (χ0v) is 22.0. The molecule has 1 amide bonds. The number of carbonyl (C=O) groups excluding carboxylic acids is 1. The lowest BCUT2D eigenvalue weighted by molar-refractivity contribution is -0.142. The highest BCUT2D eigenvalue weighted by Crippen LogP contribution is 2.46. The molecule has 4 N–H and O–H groups in total. The number of nitrogens with two attached hydrogens (primary N) is 1. The minimum Gasteiger partial charge on any atom is -0.480 e. The molecule has 1 aromatic rings. The van der Waals surface area contributed by atoms with Gasteiger partial charge in [-0.05, 0) is 56.1 Å². The van der Waals surface area contributed by atoms with Gasteiger partial charge in [0.1, 0.15) is 6.04 Å². The molecule has 0 spiro atoms. The number of allylic oxidation sites excluding steroid dienone is 2. The van der Waals surface area contributed by atoms with Crippen LogP contribution in [0.4, 0.5) is 0 Å². The summed E-state index contributed by atoms with van der Waals surface area (Å²) in [6.45, 7) is 11.0. The van der Waals surface area contributed by atoms with Gasteiger partial charge in [0.05, 0.1) is 5.60 Å². The normalized spacial score (nSPS) is 14.8. The van der Waals surface area contributed by atoms with Crippen LogP contribution in [-0.2, 0) is 26.3 Å². The highest BCUT2D eigenvalue weighted by atomic mass is 16.5. The molecular weight excluding hydrogens is 428 g/mol. The van der Waals surface area contributed by atoms with Crippen molar-refractivity contribution in [3.8, 4) is 0 Å². The summed E-state index contributed by atoms with van der Waals surface area (Å²) in [5.41, 5.74) is 6.89. The van der Waals surface area contributed by atoms with E-state index in [4.69, 9.17) is 10.5 Å². The number of amides is 1. The van der Waals surface area contributed by atoms with Gasteiger partial charge >= 0.3 is 5.97 Å². The van der Waals surface area contributed by atoms with Crippen LogP contribution in [0.25, 0.3) is 0 Å². The lowest BCUT2D eigenvalue weighted by atomic mass is 9.62. The third kappa shape index (κ3) is 8.24. The van der Waals surface area contributed by atoms with Gasteiger partial charge in [-0.1, -0.05) is 64.1 Å². The van der Waals surface area contributed by atoms with Crippen molar-refractivity contribution in [3.05, 3.63) is 47.5 Å². The van der Waals surface area contributed by atoms with E-state index in [1.54, 1.807) is 7.11 Å². The molecule has 0 aliphatic rings. The van der Waals surface area contributed by atoms with Crippen molar-refractivity contribution < 1.29 is 19.4 Å². The largest absolute Gasteiger partial charge is 0.480 e. The first kappa shape index (κ1) is 29.9. The molecule has 0 heterocycles. The number of hydrogen-bond acceptors (Lipinski definition) is 4. The zero-order valence-electron chi connectivity index (χ0n) is 22.0.